The fourth-order valence-corrected chi connectivity index (χ4v) is 2.68. The second kappa shape index (κ2) is 9.66. The Bertz CT molecular complexity index is 671. The SMILES string of the molecule is CCOc1cc(CNC[C@H](C)O)cc(Cl)c1OCc1ccc(C)cc1. The lowest BCUT2D eigenvalue weighted by Gasteiger charge is -2.16. The minimum absolute atomic E-state index is 0.390. The van der Waals surface area contributed by atoms with Crippen LogP contribution in [0.4, 0.5) is 0 Å². The molecule has 2 rings (SSSR count). The Kier molecular flexibility index (Phi) is 7.56. The van der Waals surface area contributed by atoms with Crippen LogP contribution in [0.15, 0.2) is 36.4 Å². The van der Waals surface area contributed by atoms with Crippen molar-refractivity contribution in [1.29, 1.82) is 0 Å². The van der Waals surface area contributed by atoms with Crippen molar-refractivity contribution in [3.05, 3.63) is 58.1 Å². The van der Waals surface area contributed by atoms with E-state index in [0.717, 1.165) is 11.1 Å². The van der Waals surface area contributed by atoms with Crippen molar-refractivity contribution < 1.29 is 14.6 Å². The largest absolute Gasteiger partial charge is 0.490 e. The van der Waals surface area contributed by atoms with Crippen LogP contribution in [0.2, 0.25) is 5.02 Å². The Morgan fingerprint density at radius 3 is 2.48 bits per heavy atom. The van der Waals surface area contributed by atoms with Gasteiger partial charge in [-0.2, -0.15) is 0 Å². The summed E-state index contributed by atoms with van der Waals surface area (Å²) >= 11 is 6.42. The molecule has 0 amide bonds. The number of aliphatic hydroxyl groups is 1. The molecule has 0 aliphatic carbocycles. The van der Waals surface area contributed by atoms with Crippen LogP contribution in [-0.4, -0.2) is 24.4 Å². The number of aryl methyl sites for hydroxylation is 1. The zero-order valence-electron chi connectivity index (χ0n) is 15.0. The molecule has 0 spiro atoms. The molecule has 0 saturated carbocycles. The van der Waals surface area contributed by atoms with Crippen molar-refractivity contribution in [2.75, 3.05) is 13.2 Å². The van der Waals surface area contributed by atoms with Crippen LogP contribution in [0.25, 0.3) is 0 Å². The number of hydrogen-bond acceptors (Lipinski definition) is 4. The van der Waals surface area contributed by atoms with Gasteiger partial charge in [-0.15, -0.1) is 0 Å². The zero-order valence-corrected chi connectivity index (χ0v) is 15.8. The van der Waals surface area contributed by atoms with Gasteiger partial charge >= 0.3 is 0 Å². The summed E-state index contributed by atoms with van der Waals surface area (Å²) < 4.78 is 11.6. The van der Waals surface area contributed by atoms with Gasteiger partial charge in [0.2, 0.25) is 0 Å². The van der Waals surface area contributed by atoms with Crippen molar-refractivity contribution in [3.63, 3.8) is 0 Å². The van der Waals surface area contributed by atoms with E-state index in [1.165, 1.54) is 5.56 Å². The molecule has 0 saturated heterocycles. The lowest BCUT2D eigenvalue weighted by molar-refractivity contribution is 0.191. The van der Waals surface area contributed by atoms with Crippen molar-refractivity contribution in [2.45, 2.75) is 40.0 Å². The van der Waals surface area contributed by atoms with Crippen LogP contribution < -0.4 is 14.8 Å². The molecule has 0 bridgehead atoms. The third kappa shape index (κ3) is 6.24. The van der Waals surface area contributed by atoms with Crippen molar-refractivity contribution >= 4 is 11.6 Å². The fourth-order valence-electron chi connectivity index (χ4n) is 2.39. The molecule has 2 aromatic rings. The lowest BCUT2D eigenvalue weighted by Crippen LogP contribution is -2.23. The van der Waals surface area contributed by atoms with Gasteiger partial charge in [0.25, 0.3) is 0 Å². The van der Waals surface area contributed by atoms with Gasteiger partial charge in [-0.25, -0.2) is 0 Å². The molecular weight excluding hydrogens is 338 g/mol. The average molecular weight is 364 g/mol. The number of aliphatic hydroxyl groups excluding tert-OH is 1. The fraction of sp³-hybridized carbons (Fsp3) is 0.400. The number of halogens is 1. The first-order valence-corrected chi connectivity index (χ1v) is 8.89. The topological polar surface area (TPSA) is 50.7 Å². The predicted octanol–water partition coefficient (Wildman–Crippen LogP) is 4.10. The Labute approximate surface area is 154 Å². The van der Waals surface area contributed by atoms with E-state index in [1.807, 2.05) is 31.2 Å². The highest BCUT2D eigenvalue weighted by atomic mass is 35.5. The molecule has 0 aliphatic heterocycles. The number of benzene rings is 2. The molecular formula is C20H26ClNO3. The molecule has 2 aromatic carbocycles. The number of hydrogen-bond donors (Lipinski definition) is 2. The van der Waals surface area contributed by atoms with E-state index >= 15 is 0 Å². The maximum Gasteiger partial charge on any atom is 0.180 e. The van der Waals surface area contributed by atoms with Crippen LogP contribution in [0, 0.1) is 6.92 Å². The molecule has 25 heavy (non-hydrogen) atoms. The predicted molar refractivity (Wildman–Crippen MR) is 102 cm³/mol. The summed E-state index contributed by atoms with van der Waals surface area (Å²) in [5.41, 5.74) is 3.27. The van der Waals surface area contributed by atoms with Gasteiger partial charge < -0.3 is 19.9 Å². The molecule has 0 unspecified atom stereocenters. The Morgan fingerprint density at radius 1 is 1.12 bits per heavy atom. The summed E-state index contributed by atoms with van der Waals surface area (Å²) in [5, 5.41) is 13.0. The summed E-state index contributed by atoms with van der Waals surface area (Å²) in [6.07, 6.45) is -0.390. The van der Waals surface area contributed by atoms with Crippen LogP contribution in [0.5, 0.6) is 11.5 Å². The van der Waals surface area contributed by atoms with Crippen LogP contribution in [-0.2, 0) is 13.2 Å². The Hall–Kier alpha value is -1.75. The van der Waals surface area contributed by atoms with Crippen LogP contribution >= 0.6 is 11.6 Å². The second-order valence-corrected chi connectivity index (χ2v) is 6.50. The molecule has 136 valence electrons. The summed E-state index contributed by atoms with van der Waals surface area (Å²) in [4.78, 5) is 0. The van der Waals surface area contributed by atoms with Crippen LogP contribution in [0.1, 0.15) is 30.5 Å². The number of nitrogens with one attached hydrogen (secondary N) is 1. The van der Waals surface area contributed by atoms with E-state index in [0.29, 0.717) is 42.8 Å². The third-order valence-corrected chi connectivity index (χ3v) is 3.92. The molecule has 5 heteroatoms. The molecule has 0 radical (unpaired) electrons. The maximum absolute atomic E-state index is 9.33. The van der Waals surface area contributed by atoms with E-state index in [9.17, 15) is 5.11 Å². The Balaban J connectivity index is 2.11. The first-order chi connectivity index (χ1) is 12.0. The molecule has 0 aromatic heterocycles. The van der Waals surface area contributed by atoms with E-state index < -0.39 is 0 Å². The van der Waals surface area contributed by atoms with Gasteiger partial charge in [-0.3, -0.25) is 0 Å². The summed E-state index contributed by atoms with van der Waals surface area (Å²) in [6.45, 7) is 7.81. The summed E-state index contributed by atoms with van der Waals surface area (Å²) in [5.74, 6) is 1.19. The quantitative estimate of drug-likeness (QED) is 0.704. The summed E-state index contributed by atoms with van der Waals surface area (Å²) in [6, 6.07) is 12.0. The first-order valence-electron chi connectivity index (χ1n) is 8.52. The molecule has 4 nitrogen and oxygen atoms in total. The lowest BCUT2D eigenvalue weighted by atomic mass is 10.1. The monoisotopic (exact) mass is 363 g/mol. The van der Waals surface area contributed by atoms with Gasteiger partial charge in [-0.1, -0.05) is 41.4 Å². The smallest absolute Gasteiger partial charge is 0.180 e. The molecule has 0 aliphatic rings. The first kappa shape index (κ1) is 19.6. The highest BCUT2D eigenvalue weighted by molar-refractivity contribution is 6.32. The highest BCUT2D eigenvalue weighted by Crippen LogP contribution is 2.37. The van der Waals surface area contributed by atoms with Gasteiger partial charge in [0, 0.05) is 13.1 Å². The molecule has 2 N–H and O–H groups in total. The van der Waals surface area contributed by atoms with E-state index in [2.05, 4.69) is 24.4 Å². The minimum Gasteiger partial charge on any atom is -0.490 e. The van der Waals surface area contributed by atoms with Gasteiger partial charge in [-0.05, 0) is 44.0 Å². The van der Waals surface area contributed by atoms with Crippen molar-refractivity contribution in [3.8, 4) is 11.5 Å². The van der Waals surface area contributed by atoms with Gasteiger partial charge in [0.05, 0.1) is 17.7 Å². The molecule has 0 fully saturated rings. The minimum atomic E-state index is -0.390. The van der Waals surface area contributed by atoms with E-state index in [-0.39, 0.29) is 6.10 Å². The van der Waals surface area contributed by atoms with Crippen molar-refractivity contribution in [1.82, 2.24) is 5.32 Å². The zero-order chi connectivity index (χ0) is 18.2. The van der Waals surface area contributed by atoms with Crippen LogP contribution in [0.3, 0.4) is 0 Å². The van der Waals surface area contributed by atoms with Gasteiger partial charge in [0.15, 0.2) is 11.5 Å². The maximum atomic E-state index is 9.33. The van der Waals surface area contributed by atoms with E-state index in [4.69, 9.17) is 21.1 Å². The second-order valence-electron chi connectivity index (χ2n) is 6.09. The highest BCUT2D eigenvalue weighted by Gasteiger charge is 2.13. The summed E-state index contributed by atoms with van der Waals surface area (Å²) in [7, 11) is 0. The third-order valence-electron chi connectivity index (χ3n) is 3.64. The number of ether oxygens (including phenoxy) is 2. The molecule has 0 heterocycles. The normalized spacial score (nSPS) is 12.0. The van der Waals surface area contributed by atoms with E-state index in [1.54, 1.807) is 6.92 Å². The number of rotatable bonds is 9. The Morgan fingerprint density at radius 2 is 1.84 bits per heavy atom. The molecule has 1 atom stereocenters. The standard InChI is InChI=1S/C20H26ClNO3/c1-4-24-19-10-17(12-22-11-15(3)23)9-18(21)20(19)25-13-16-7-5-14(2)6-8-16/h5-10,15,22-23H,4,11-13H2,1-3H3/t15-/m0/s1. The van der Waals surface area contributed by atoms with Gasteiger partial charge in [0.1, 0.15) is 6.61 Å². The average Bonchev–Trinajstić information content (AvgIpc) is 2.55. The van der Waals surface area contributed by atoms with Crippen molar-refractivity contribution in [2.24, 2.45) is 0 Å².